The van der Waals surface area contributed by atoms with Gasteiger partial charge in [0.25, 0.3) is 0 Å². The summed E-state index contributed by atoms with van der Waals surface area (Å²) in [5.41, 5.74) is 6.14. The van der Waals surface area contributed by atoms with E-state index in [0.29, 0.717) is 31.6 Å². The van der Waals surface area contributed by atoms with E-state index >= 15 is 0 Å². The lowest BCUT2D eigenvalue weighted by molar-refractivity contribution is -0.122. The zero-order chi connectivity index (χ0) is 29.1. The molecule has 1 saturated carbocycles. The number of hydrogen-bond donors (Lipinski definition) is 2. The van der Waals surface area contributed by atoms with Crippen molar-refractivity contribution in [1.29, 1.82) is 0 Å². The summed E-state index contributed by atoms with van der Waals surface area (Å²) in [5.74, 6) is -0.100. The molecule has 8 heteroatoms. The largest absolute Gasteiger partial charge is 0.462 e. The minimum Gasteiger partial charge on any atom is -0.462 e. The quantitative estimate of drug-likeness (QED) is 0.391. The van der Waals surface area contributed by atoms with Gasteiger partial charge in [-0.3, -0.25) is 9.78 Å². The van der Waals surface area contributed by atoms with Gasteiger partial charge in [0, 0.05) is 49.0 Å². The van der Waals surface area contributed by atoms with E-state index in [1.165, 1.54) is 11.8 Å². The molecular weight excluding hydrogens is 516 g/mol. The Morgan fingerprint density at radius 2 is 1.83 bits per heavy atom. The van der Waals surface area contributed by atoms with Crippen molar-refractivity contribution in [1.82, 2.24) is 20.5 Å². The molecule has 2 N–H and O–H groups in total. The van der Waals surface area contributed by atoms with Crippen LogP contribution >= 0.6 is 0 Å². The Morgan fingerprint density at radius 3 is 2.56 bits per heavy atom. The number of pyridine rings is 1. The highest BCUT2D eigenvalue weighted by atomic mass is 16.5. The van der Waals surface area contributed by atoms with Crippen molar-refractivity contribution < 1.29 is 19.1 Å². The van der Waals surface area contributed by atoms with Crippen molar-refractivity contribution in [2.45, 2.75) is 65.1 Å². The molecule has 2 atom stereocenters. The van der Waals surface area contributed by atoms with Gasteiger partial charge in [-0.1, -0.05) is 42.5 Å². The standard InChI is InChI=1S/C33H38N4O4/c1-5-41-31(39)24-15-23(17-34-18-24)25-12-11-22(19-35-30(38)28-16-27(28)21-9-7-6-8-10-21)29-20-37(14-13-26(25)29)32(40)36-33(2,3)4/h6-12,15,17-18,27-28H,5,13-14,16,19-20H2,1-4H3,(H,35,38)(H,36,40)/t27-,28?/m1/s1. The van der Waals surface area contributed by atoms with Gasteiger partial charge in [-0.2, -0.15) is 0 Å². The molecule has 1 aliphatic heterocycles. The second kappa shape index (κ2) is 11.7. The number of urea groups is 1. The first kappa shape index (κ1) is 28.3. The van der Waals surface area contributed by atoms with Crippen LogP contribution in [0.25, 0.3) is 11.1 Å². The molecule has 1 aromatic heterocycles. The molecule has 1 fully saturated rings. The monoisotopic (exact) mass is 554 g/mol. The first-order valence-electron chi connectivity index (χ1n) is 14.3. The fourth-order valence-electron chi connectivity index (χ4n) is 5.53. The van der Waals surface area contributed by atoms with Gasteiger partial charge >= 0.3 is 12.0 Å². The molecular formula is C33H38N4O4. The van der Waals surface area contributed by atoms with E-state index in [1.807, 2.05) is 56.0 Å². The fraction of sp³-hybridized carbons (Fsp3) is 0.394. The molecule has 0 radical (unpaired) electrons. The molecule has 3 aromatic rings. The fourth-order valence-corrected chi connectivity index (χ4v) is 5.53. The van der Waals surface area contributed by atoms with E-state index in [-0.39, 0.29) is 35.9 Å². The lowest BCUT2D eigenvalue weighted by atomic mass is 9.87. The van der Waals surface area contributed by atoms with Crippen LogP contribution in [0, 0.1) is 5.92 Å². The van der Waals surface area contributed by atoms with Crippen LogP contribution in [0.1, 0.15) is 72.6 Å². The Kier molecular flexibility index (Phi) is 8.10. The number of esters is 1. The molecule has 214 valence electrons. The van der Waals surface area contributed by atoms with Crippen LogP contribution in [0.2, 0.25) is 0 Å². The Labute approximate surface area is 241 Å². The van der Waals surface area contributed by atoms with Gasteiger partial charge in [0.1, 0.15) is 0 Å². The molecule has 1 unspecified atom stereocenters. The van der Waals surface area contributed by atoms with Gasteiger partial charge in [-0.15, -0.1) is 0 Å². The second-order valence-corrected chi connectivity index (χ2v) is 11.8. The highest BCUT2D eigenvalue weighted by Gasteiger charge is 2.43. The predicted octanol–water partition coefficient (Wildman–Crippen LogP) is 5.21. The summed E-state index contributed by atoms with van der Waals surface area (Å²) in [5, 5.41) is 6.23. The number of carbonyl (C=O) groups is 3. The lowest BCUT2D eigenvalue weighted by Crippen LogP contribution is -2.50. The maximum atomic E-state index is 13.1. The molecule has 41 heavy (non-hydrogen) atoms. The number of fused-ring (bicyclic) bond motifs is 1. The van der Waals surface area contributed by atoms with E-state index in [1.54, 1.807) is 19.2 Å². The van der Waals surface area contributed by atoms with Crippen LogP contribution in [0.3, 0.4) is 0 Å². The van der Waals surface area contributed by atoms with Crippen LogP contribution in [0.4, 0.5) is 4.79 Å². The Bertz CT molecular complexity index is 1450. The molecule has 2 aliphatic rings. The van der Waals surface area contributed by atoms with Crippen molar-refractivity contribution in [3.05, 3.63) is 88.7 Å². The maximum absolute atomic E-state index is 13.1. The van der Waals surface area contributed by atoms with E-state index < -0.39 is 5.97 Å². The third kappa shape index (κ3) is 6.59. The molecule has 2 aromatic carbocycles. The average Bonchev–Trinajstić information content (AvgIpc) is 3.76. The highest BCUT2D eigenvalue weighted by molar-refractivity contribution is 5.91. The van der Waals surface area contributed by atoms with Crippen molar-refractivity contribution >= 4 is 17.9 Å². The molecule has 2 heterocycles. The number of nitrogens with one attached hydrogen (secondary N) is 2. The number of carbonyl (C=O) groups excluding carboxylic acids is 3. The zero-order valence-electron chi connectivity index (χ0n) is 24.2. The van der Waals surface area contributed by atoms with E-state index in [0.717, 1.165) is 34.2 Å². The third-order valence-electron chi connectivity index (χ3n) is 7.65. The molecule has 3 amide bonds. The van der Waals surface area contributed by atoms with E-state index in [2.05, 4.69) is 27.8 Å². The van der Waals surface area contributed by atoms with Crippen LogP contribution in [-0.4, -0.2) is 46.5 Å². The van der Waals surface area contributed by atoms with Gasteiger partial charge in [0.2, 0.25) is 5.91 Å². The number of nitrogens with zero attached hydrogens (tertiary/aromatic N) is 2. The number of benzene rings is 2. The maximum Gasteiger partial charge on any atom is 0.339 e. The topological polar surface area (TPSA) is 101 Å². The van der Waals surface area contributed by atoms with Crippen molar-refractivity contribution in [3.8, 4) is 11.1 Å². The normalized spacial score (nSPS) is 17.8. The smallest absolute Gasteiger partial charge is 0.339 e. The molecule has 0 spiro atoms. The average molecular weight is 555 g/mol. The number of ether oxygens (including phenoxy) is 1. The molecule has 5 rings (SSSR count). The predicted molar refractivity (Wildman–Crippen MR) is 157 cm³/mol. The zero-order valence-corrected chi connectivity index (χ0v) is 24.2. The Morgan fingerprint density at radius 1 is 1.05 bits per heavy atom. The van der Waals surface area contributed by atoms with Crippen molar-refractivity contribution in [3.63, 3.8) is 0 Å². The SMILES string of the molecule is CCOC(=O)c1cncc(-c2ccc(CNC(=O)C3C[C@@H]3c3ccccc3)c3c2CCN(C(=O)NC(C)(C)C)C3)c1. The number of aromatic nitrogens is 1. The van der Waals surface area contributed by atoms with Crippen LogP contribution in [0.5, 0.6) is 0 Å². The van der Waals surface area contributed by atoms with Gasteiger partial charge in [0.05, 0.1) is 12.2 Å². The first-order valence-corrected chi connectivity index (χ1v) is 14.3. The van der Waals surface area contributed by atoms with Gasteiger partial charge in [0.15, 0.2) is 0 Å². The molecule has 0 saturated heterocycles. The summed E-state index contributed by atoms with van der Waals surface area (Å²) in [6.07, 6.45) is 4.76. The summed E-state index contributed by atoms with van der Waals surface area (Å²) < 4.78 is 5.17. The number of amides is 3. The third-order valence-corrected chi connectivity index (χ3v) is 7.65. The van der Waals surface area contributed by atoms with Gasteiger partial charge < -0.3 is 20.3 Å². The first-order chi connectivity index (χ1) is 19.6. The van der Waals surface area contributed by atoms with Crippen molar-refractivity contribution in [2.75, 3.05) is 13.2 Å². The Hall–Kier alpha value is -4.20. The minimum absolute atomic E-state index is 0.0155. The number of hydrogen-bond acceptors (Lipinski definition) is 5. The summed E-state index contributed by atoms with van der Waals surface area (Å²) in [6, 6.07) is 15.9. The van der Waals surface area contributed by atoms with Crippen LogP contribution in [0.15, 0.2) is 60.9 Å². The summed E-state index contributed by atoms with van der Waals surface area (Å²) in [7, 11) is 0. The van der Waals surface area contributed by atoms with Crippen LogP contribution < -0.4 is 10.6 Å². The van der Waals surface area contributed by atoms with E-state index in [9.17, 15) is 14.4 Å². The minimum atomic E-state index is -0.408. The summed E-state index contributed by atoms with van der Waals surface area (Å²) >= 11 is 0. The van der Waals surface area contributed by atoms with Gasteiger partial charge in [-0.05, 0) is 80.3 Å². The van der Waals surface area contributed by atoms with Crippen LogP contribution in [-0.2, 0) is 29.0 Å². The van der Waals surface area contributed by atoms with Gasteiger partial charge in [-0.25, -0.2) is 9.59 Å². The summed E-state index contributed by atoms with van der Waals surface area (Å²) in [6.45, 7) is 9.33. The number of rotatable bonds is 7. The van der Waals surface area contributed by atoms with E-state index in [4.69, 9.17) is 4.74 Å². The highest BCUT2D eigenvalue weighted by Crippen LogP contribution is 2.47. The van der Waals surface area contributed by atoms with Crippen molar-refractivity contribution in [2.24, 2.45) is 5.92 Å². The second-order valence-electron chi connectivity index (χ2n) is 11.8. The Balaban J connectivity index is 1.40. The molecule has 1 aliphatic carbocycles. The lowest BCUT2D eigenvalue weighted by Gasteiger charge is -2.34. The molecule has 0 bridgehead atoms. The molecule has 8 nitrogen and oxygen atoms in total. The summed E-state index contributed by atoms with van der Waals surface area (Å²) in [4.78, 5) is 44.7.